The molecule has 5 heteroatoms. The Morgan fingerprint density at radius 1 is 1.12 bits per heavy atom. The number of hydrogen-bond acceptors (Lipinski definition) is 3. The number of hydrogen-bond donors (Lipinski definition) is 2. The Balaban J connectivity index is 1.96. The van der Waals surface area contributed by atoms with Crippen molar-refractivity contribution in [2.75, 3.05) is 18.4 Å². The predicted octanol–water partition coefficient (Wildman–Crippen LogP) is 3.01. The number of rotatable bonds is 7. The van der Waals surface area contributed by atoms with Crippen molar-refractivity contribution in [2.24, 2.45) is 11.7 Å². The third-order valence-corrected chi connectivity index (χ3v) is 4.52. The van der Waals surface area contributed by atoms with Gasteiger partial charge in [0.15, 0.2) is 0 Å². The van der Waals surface area contributed by atoms with E-state index in [2.05, 4.69) is 19.2 Å². The first kappa shape index (κ1) is 18.5. The van der Waals surface area contributed by atoms with E-state index in [0.717, 1.165) is 50.9 Å². The molecule has 0 heterocycles. The summed E-state index contributed by atoms with van der Waals surface area (Å²) in [5.74, 6) is 0.0878. The summed E-state index contributed by atoms with van der Waals surface area (Å²) in [6.45, 7) is 5.69. The lowest BCUT2D eigenvalue weighted by atomic mass is 10.1. The summed E-state index contributed by atoms with van der Waals surface area (Å²) in [6.07, 6.45) is 4.42. The van der Waals surface area contributed by atoms with Crippen LogP contribution in [0.2, 0.25) is 0 Å². The molecular formula is C19H29N3O2. The summed E-state index contributed by atoms with van der Waals surface area (Å²) in [5.41, 5.74) is 7.26. The zero-order valence-corrected chi connectivity index (χ0v) is 14.8. The molecule has 0 bridgehead atoms. The lowest BCUT2D eigenvalue weighted by Gasteiger charge is -2.21. The van der Waals surface area contributed by atoms with Crippen molar-refractivity contribution >= 4 is 17.5 Å². The van der Waals surface area contributed by atoms with Crippen molar-refractivity contribution in [3.8, 4) is 0 Å². The molecule has 1 aromatic carbocycles. The lowest BCUT2D eigenvalue weighted by Crippen LogP contribution is -2.32. The Morgan fingerprint density at radius 2 is 1.75 bits per heavy atom. The quantitative estimate of drug-likeness (QED) is 0.806. The maximum absolute atomic E-state index is 12.5. The highest BCUT2D eigenvalue weighted by Crippen LogP contribution is 2.25. The van der Waals surface area contributed by atoms with Crippen molar-refractivity contribution in [3.05, 3.63) is 29.8 Å². The number of carbonyl (C=O) groups is 2. The van der Waals surface area contributed by atoms with Crippen LogP contribution >= 0.6 is 0 Å². The van der Waals surface area contributed by atoms with Gasteiger partial charge in [-0.2, -0.15) is 0 Å². The average molecular weight is 331 g/mol. The highest BCUT2D eigenvalue weighted by Gasteiger charge is 2.27. The Hall–Kier alpha value is -1.88. The fourth-order valence-corrected chi connectivity index (χ4v) is 3.23. The minimum absolute atomic E-state index is 0.00547. The highest BCUT2D eigenvalue weighted by atomic mass is 16.2. The number of carbonyl (C=O) groups excluding carboxylic acids is 2. The molecule has 5 nitrogen and oxygen atoms in total. The summed E-state index contributed by atoms with van der Waals surface area (Å²) >= 11 is 0. The van der Waals surface area contributed by atoms with E-state index < -0.39 is 0 Å². The summed E-state index contributed by atoms with van der Waals surface area (Å²) < 4.78 is 0. The molecule has 1 aliphatic carbocycles. The second-order valence-corrected chi connectivity index (χ2v) is 6.63. The van der Waals surface area contributed by atoms with Crippen molar-refractivity contribution in [3.63, 3.8) is 0 Å². The van der Waals surface area contributed by atoms with Gasteiger partial charge in [-0.25, -0.2) is 0 Å². The molecule has 132 valence electrons. The summed E-state index contributed by atoms with van der Waals surface area (Å²) in [4.78, 5) is 26.6. The molecule has 2 atom stereocenters. The van der Waals surface area contributed by atoms with Gasteiger partial charge in [0, 0.05) is 36.3 Å². The Kier molecular flexibility index (Phi) is 6.79. The molecule has 1 aromatic rings. The van der Waals surface area contributed by atoms with Gasteiger partial charge in [-0.15, -0.1) is 0 Å². The third-order valence-electron chi connectivity index (χ3n) is 4.52. The van der Waals surface area contributed by atoms with Crippen LogP contribution in [0.4, 0.5) is 5.69 Å². The predicted molar refractivity (Wildman–Crippen MR) is 96.9 cm³/mol. The van der Waals surface area contributed by atoms with E-state index in [-0.39, 0.29) is 23.8 Å². The van der Waals surface area contributed by atoms with Crippen LogP contribution in [-0.4, -0.2) is 35.8 Å². The molecule has 1 fully saturated rings. The third kappa shape index (κ3) is 4.81. The summed E-state index contributed by atoms with van der Waals surface area (Å²) in [6, 6.07) is 7.32. The second kappa shape index (κ2) is 8.83. The topological polar surface area (TPSA) is 75.4 Å². The number of nitrogens with two attached hydrogens (primary N) is 1. The van der Waals surface area contributed by atoms with Crippen LogP contribution in [0, 0.1) is 5.92 Å². The van der Waals surface area contributed by atoms with Crippen LogP contribution in [0.25, 0.3) is 0 Å². The van der Waals surface area contributed by atoms with Crippen LogP contribution in [0.1, 0.15) is 56.3 Å². The van der Waals surface area contributed by atoms with Gasteiger partial charge in [0.2, 0.25) is 5.91 Å². The monoisotopic (exact) mass is 331 g/mol. The van der Waals surface area contributed by atoms with E-state index in [9.17, 15) is 9.59 Å². The molecule has 24 heavy (non-hydrogen) atoms. The van der Waals surface area contributed by atoms with Crippen LogP contribution < -0.4 is 11.1 Å². The fraction of sp³-hybridized carbons (Fsp3) is 0.579. The molecule has 1 aliphatic rings. The minimum Gasteiger partial charge on any atom is -0.339 e. The molecule has 2 unspecified atom stereocenters. The van der Waals surface area contributed by atoms with Gasteiger partial charge >= 0.3 is 0 Å². The van der Waals surface area contributed by atoms with E-state index in [0.29, 0.717) is 5.56 Å². The van der Waals surface area contributed by atoms with Gasteiger partial charge in [-0.3, -0.25) is 9.59 Å². The first-order valence-corrected chi connectivity index (χ1v) is 9.00. The van der Waals surface area contributed by atoms with Crippen molar-refractivity contribution in [2.45, 2.75) is 52.0 Å². The number of amides is 2. The molecule has 0 radical (unpaired) electrons. The van der Waals surface area contributed by atoms with Gasteiger partial charge in [0.05, 0.1) is 0 Å². The van der Waals surface area contributed by atoms with E-state index in [1.165, 1.54) is 0 Å². The maximum Gasteiger partial charge on any atom is 0.253 e. The molecule has 2 rings (SSSR count). The van der Waals surface area contributed by atoms with Gasteiger partial charge in [-0.05, 0) is 56.4 Å². The second-order valence-electron chi connectivity index (χ2n) is 6.63. The van der Waals surface area contributed by atoms with Gasteiger partial charge in [-0.1, -0.05) is 13.8 Å². The first-order valence-electron chi connectivity index (χ1n) is 9.00. The van der Waals surface area contributed by atoms with Crippen LogP contribution in [0.15, 0.2) is 24.3 Å². The van der Waals surface area contributed by atoms with Gasteiger partial charge < -0.3 is 16.0 Å². The smallest absolute Gasteiger partial charge is 0.253 e. The Morgan fingerprint density at radius 3 is 2.25 bits per heavy atom. The van der Waals surface area contributed by atoms with E-state index in [1.807, 2.05) is 4.90 Å². The molecular weight excluding hydrogens is 302 g/mol. The molecule has 1 saturated carbocycles. The van der Waals surface area contributed by atoms with E-state index >= 15 is 0 Å². The van der Waals surface area contributed by atoms with Crippen molar-refractivity contribution < 1.29 is 9.59 Å². The van der Waals surface area contributed by atoms with E-state index in [1.54, 1.807) is 24.3 Å². The minimum atomic E-state index is 0.00547. The number of anilines is 1. The largest absolute Gasteiger partial charge is 0.339 e. The summed E-state index contributed by atoms with van der Waals surface area (Å²) in [5, 5.41) is 2.93. The molecule has 0 spiro atoms. The van der Waals surface area contributed by atoms with Gasteiger partial charge in [0.1, 0.15) is 0 Å². The number of nitrogens with zero attached hydrogens (tertiary/aromatic N) is 1. The standard InChI is InChI=1S/C19H29N3O2/c1-3-11-22(12-4-2)19(24)14-6-9-17(10-7-14)21-18(23)15-5-8-16(20)13-15/h6-7,9-10,15-16H,3-5,8,11-13,20H2,1-2H3,(H,21,23). The zero-order valence-electron chi connectivity index (χ0n) is 14.8. The molecule has 0 saturated heterocycles. The first-order chi connectivity index (χ1) is 11.5. The van der Waals surface area contributed by atoms with Crippen LogP contribution in [0.5, 0.6) is 0 Å². The fourth-order valence-electron chi connectivity index (χ4n) is 3.23. The van der Waals surface area contributed by atoms with Gasteiger partial charge in [0.25, 0.3) is 5.91 Å². The maximum atomic E-state index is 12.5. The molecule has 3 N–H and O–H groups in total. The zero-order chi connectivity index (χ0) is 17.5. The van der Waals surface area contributed by atoms with Crippen molar-refractivity contribution in [1.29, 1.82) is 0 Å². The molecule has 2 amide bonds. The summed E-state index contributed by atoms with van der Waals surface area (Å²) in [7, 11) is 0. The lowest BCUT2D eigenvalue weighted by molar-refractivity contribution is -0.119. The van der Waals surface area contributed by atoms with Crippen LogP contribution in [-0.2, 0) is 4.79 Å². The average Bonchev–Trinajstić information content (AvgIpc) is 3.01. The number of benzene rings is 1. The SMILES string of the molecule is CCCN(CCC)C(=O)c1ccc(NC(=O)C2CCC(N)C2)cc1. The highest BCUT2D eigenvalue weighted by molar-refractivity contribution is 5.96. The van der Waals surface area contributed by atoms with Crippen molar-refractivity contribution in [1.82, 2.24) is 4.90 Å². The Labute approximate surface area is 144 Å². The van der Waals surface area contributed by atoms with Crippen LogP contribution in [0.3, 0.4) is 0 Å². The molecule has 0 aromatic heterocycles. The molecule has 0 aliphatic heterocycles. The number of nitrogens with one attached hydrogen (secondary N) is 1. The van der Waals surface area contributed by atoms with E-state index in [4.69, 9.17) is 5.73 Å². The Bertz CT molecular complexity index is 550. The normalized spacial score (nSPS) is 20.0.